The Morgan fingerprint density at radius 2 is 2.20 bits per heavy atom. The van der Waals surface area contributed by atoms with Gasteiger partial charge in [0.2, 0.25) is 0 Å². The van der Waals surface area contributed by atoms with Crippen LogP contribution in [0.3, 0.4) is 0 Å². The lowest BCUT2D eigenvalue weighted by Crippen LogP contribution is -1.96. The van der Waals surface area contributed by atoms with Gasteiger partial charge in [0.15, 0.2) is 5.78 Å². The van der Waals surface area contributed by atoms with E-state index in [0.29, 0.717) is 12.3 Å². The molecule has 0 radical (unpaired) electrons. The Morgan fingerprint density at radius 3 is 2.60 bits per heavy atom. The van der Waals surface area contributed by atoms with Crippen LogP contribution in [0.1, 0.15) is 26.7 Å². The van der Waals surface area contributed by atoms with Gasteiger partial charge in [-0.3, -0.25) is 4.79 Å². The highest BCUT2D eigenvalue weighted by atomic mass is 16.1. The van der Waals surface area contributed by atoms with Crippen molar-refractivity contribution >= 4 is 11.7 Å². The van der Waals surface area contributed by atoms with Crippen molar-refractivity contribution < 1.29 is 9.59 Å². The molecule has 0 fully saturated rings. The summed E-state index contributed by atoms with van der Waals surface area (Å²) >= 11 is 0. The summed E-state index contributed by atoms with van der Waals surface area (Å²) < 4.78 is 0. The van der Waals surface area contributed by atoms with Gasteiger partial charge in [-0.05, 0) is 12.3 Å². The van der Waals surface area contributed by atoms with Crippen molar-refractivity contribution in [3.63, 3.8) is 0 Å². The SMILES string of the molecule is CC(C)CCC(=O)C=C=O. The van der Waals surface area contributed by atoms with E-state index in [1.807, 2.05) is 13.8 Å². The summed E-state index contributed by atoms with van der Waals surface area (Å²) in [6.45, 7) is 4.08. The summed E-state index contributed by atoms with van der Waals surface area (Å²) in [4.78, 5) is 20.3. The highest BCUT2D eigenvalue weighted by Gasteiger charge is 1.98. The highest BCUT2D eigenvalue weighted by molar-refractivity contribution is 5.95. The van der Waals surface area contributed by atoms with Crippen LogP contribution in [-0.2, 0) is 9.59 Å². The van der Waals surface area contributed by atoms with Gasteiger partial charge in [-0.1, -0.05) is 13.8 Å². The minimum Gasteiger partial charge on any atom is -0.294 e. The smallest absolute Gasteiger partial charge is 0.166 e. The zero-order chi connectivity index (χ0) is 7.98. The van der Waals surface area contributed by atoms with Crippen molar-refractivity contribution in [2.75, 3.05) is 0 Å². The molecule has 0 amide bonds. The third-order valence-corrected chi connectivity index (χ3v) is 1.19. The van der Waals surface area contributed by atoms with Crippen molar-refractivity contribution in [1.29, 1.82) is 0 Å². The van der Waals surface area contributed by atoms with E-state index in [1.54, 1.807) is 0 Å². The molecule has 0 rings (SSSR count). The largest absolute Gasteiger partial charge is 0.294 e. The second-order valence-corrected chi connectivity index (χ2v) is 2.66. The van der Waals surface area contributed by atoms with Gasteiger partial charge in [0.25, 0.3) is 0 Å². The molecule has 0 heterocycles. The minimum absolute atomic E-state index is 0.122. The lowest BCUT2D eigenvalue weighted by Gasteiger charge is -1.98. The predicted molar refractivity (Wildman–Crippen MR) is 39.3 cm³/mol. The Kier molecular flexibility index (Phi) is 4.51. The summed E-state index contributed by atoms with van der Waals surface area (Å²) in [5.41, 5.74) is 0. The molecule has 0 aliphatic heterocycles. The first-order valence-electron chi connectivity index (χ1n) is 3.40. The molecule has 56 valence electrons. The Balaban J connectivity index is 3.50. The number of carbonyl (C=O) groups excluding carboxylic acids is 2. The zero-order valence-electron chi connectivity index (χ0n) is 6.39. The average molecular weight is 140 g/mol. The molecule has 2 nitrogen and oxygen atoms in total. The van der Waals surface area contributed by atoms with Crippen LogP contribution in [-0.4, -0.2) is 11.7 Å². The number of hydrogen-bond donors (Lipinski definition) is 0. The first-order chi connectivity index (χ1) is 4.66. The Labute approximate surface area is 60.9 Å². The molecule has 0 aromatic rings. The fourth-order valence-corrected chi connectivity index (χ4v) is 0.569. The first kappa shape index (κ1) is 9.12. The molecule has 0 aliphatic rings. The van der Waals surface area contributed by atoms with Crippen molar-refractivity contribution in [2.24, 2.45) is 5.92 Å². The minimum atomic E-state index is -0.122. The second-order valence-electron chi connectivity index (χ2n) is 2.66. The lowest BCUT2D eigenvalue weighted by molar-refractivity contribution is -0.114. The third kappa shape index (κ3) is 5.26. The molecule has 0 unspecified atom stereocenters. The summed E-state index contributed by atoms with van der Waals surface area (Å²) in [5, 5.41) is 0. The number of rotatable bonds is 4. The van der Waals surface area contributed by atoms with Gasteiger partial charge in [0, 0.05) is 6.42 Å². The molecule has 0 bridgehead atoms. The zero-order valence-corrected chi connectivity index (χ0v) is 6.39. The van der Waals surface area contributed by atoms with Crippen LogP contribution in [0.5, 0.6) is 0 Å². The molecule has 0 aromatic heterocycles. The fraction of sp³-hybridized carbons (Fsp3) is 0.625. The maximum atomic E-state index is 10.6. The molecular weight excluding hydrogens is 128 g/mol. The quantitative estimate of drug-likeness (QED) is 0.436. The van der Waals surface area contributed by atoms with Crippen LogP contribution in [0.15, 0.2) is 6.08 Å². The van der Waals surface area contributed by atoms with Crippen LogP contribution in [0.4, 0.5) is 0 Å². The van der Waals surface area contributed by atoms with E-state index < -0.39 is 0 Å². The molecule has 0 saturated heterocycles. The van der Waals surface area contributed by atoms with Crippen LogP contribution in [0.25, 0.3) is 0 Å². The van der Waals surface area contributed by atoms with Gasteiger partial charge < -0.3 is 0 Å². The van der Waals surface area contributed by atoms with E-state index in [-0.39, 0.29) is 5.78 Å². The normalized spacial score (nSPS) is 9.10. The number of hydrogen-bond acceptors (Lipinski definition) is 2. The molecule has 0 aliphatic carbocycles. The summed E-state index contributed by atoms with van der Waals surface area (Å²) in [6.07, 6.45) is 2.27. The van der Waals surface area contributed by atoms with Gasteiger partial charge >= 0.3 is 0 Å². The van der Waals surface area contributed by atoms with Crippen molar-refractivity contribution in [2.45, 2.75) is 26.7 Å². The molecular formula is C8H12O2. The molecule has 0 atom stereocenters. The Hall–Kier alpha value is -0.880. The number of allylic oxidation sites excluding steroid dienone is 1. The van der Waals surface area contributed by atoms with E-state index in [1.165, 1.54) is 5.94 Å². The molecule has 0 N–H and O–H groups in total. The Morgan fingerprint density at radius 1 is 1.60 bits per heavy atom. The third-order valence-electron chi connectivity index (χ3n) is 1.19. The van der Waals surface area contributed by atoms with Crippen molar-refractivity contribution in [3.05, 3.63) is 6.08 Å². The average Bonchev–Trinajstić information content (AvgIpc) is 1.85. The van der Waals surface area contributed by atoms with Crippen molar-refractivity contribution in [3.8, 4) is 0 Å². The predicted octanol–water partition coefficient (Wildman–Crippen LogP) is 1.38. The standard InChI is InChI=1S/C8H12O2/c1-7(2)3-4-8(10)5-6-9/h5,7H,3-4H2,1-2H3. The van der Waals surface area contributed by atoms with E-state index in [2.05, 4.69) is 0 Å². The highest BCUT2D eigenvalue weighted by Crippen LogP contribution is 2.03. The first-order valence-corrected chi connectivity index (χ1v) is 3.40. The van der Waals surface area contributed by atoms with Gasteiger partial charge in [-0.25, -0.2) is 4.79 Å². The molecule has 0 saturated carbocycles. The molecule has 0 spiro atoms. The summed E-state index contributed by atoms with van der Waals surface area (Å²) in [7, 11) is 0. The monoisotopic (exact) mass is 140 g/mol. The molecule has 2 heteroatoms. The van der Waals surface area contributed by atoms with E-state index in [4.69, 9.17) is 0 Å². The molecule has 10 heavy (non-hydrogen) atoms. The van der Waals surface area contributed by atoms with Crippen LogP contribution >= 0.6 is 0 Å². The van der Waals surface area contributed by atoms with E-state index >= 15 is 0 Å². The van der Waals surface area contributed by atoms with E-state index in [9.17, 15) is 9.59 Å². The topological polar surface area (TPSA) is 34.1 Å². The second kappa shape index (κ2) is 4.95. The summed E-state index contributed by atoms with van der Waals surface area (Å²) in [6, 6.07) is 0. The van der Waals surface area contributed by atoms with Gasteiger partial charge in [0.1, 0.15) is 5.94 Å². The number of carbonyl (C=O) groups is 1. The van der Waals surface area contributed by atoms with Crippen LogP contribution < -0.4 is 0 Å². The lowest BCUT2D eigenvalue weighted by atomic mass is 10.1. The maximum absolute atomic E-state index is 10.6. The van der Waals surface area contributed by atoms with Crippen LogP contribution in [0.2, 0.25) is 0 Å². The number of ketones is 1. The molecule has 0 aromatic carbocycles. The van der Waals surface area contributed by atoms with Gasteiger partial charge in [-0.2, -0.15) is 0 Å². The van der Waals surface area contributed by atoms with E-state index in [0.717, 1.165) is 12.5 Å². The summed E-state index contributed by atoms with van der Waals surface area (Å²) in [5.74, 6) is 1.86. The Bertz CT molecular complexity index is 153. The fourth-order valence-electron chi connectivity index (χ4n) is 0.569. The maximum Gasteiger partial charge on any atom is 0.166 e. The van der Waals surface area contributed by atoms with Crippen molar-refractivity contribution in [1.82, 2.24) is 0 Å². The van der Waals surface area contributed by atoms with Gasteiger partial charge in [0.05, 0.1) is 6.08 Å². The van der Waals surface area contributed by atoms with Gasteiger partial charge in [-0.15, -0.1) is 0 Å². The van der Waals surface area contributed by atoms with Crippen LogP contribution in [0, 0.1) is 5.92 Å².